The molecule has 1 aromatic carbocycles. The fourth-order valence-electron chi connectivity index (χ4n) is 2.80. The Kier molecular flexibility index (Phi) is 4.76. The molecule has 18 heavy (non-hydrogen) atoms. The first-order chi connectivity index (χ1) is 8.75. The van der Waals surface area contributed by atoms with E-state index in [9.17, 15) is 4.79 Å². The summed E-state index contributed by atoms with van der Waals surface area (Å²) in [7, 11) is 0. The summed E-state index contributed by atoms with van der Waals surface area (Å²) in [6.45, 7) is 0.759. The molecule has 1 fully saturated rings. The maximum atomic E-state index is 10.9. The average molecular weight is 247 g/mol. The van der Waals surface area contributed by atoms with Crippen molar-refractivity contribution < 1.29 is 9.90 Å². The van der Waals surface area contributed by atoms with Gasteiger partial charge in [0.2, 0.25) is 0 Å². The van der Waals surface area contributed by atoms with E-state index < -0.39 is 5.97 Å². The topological polar surface area (TPSA) is 49.3 Å². The molecule has 98 valence electrons. The van der Waals surface area contributed by atoms with Gasteiger partial charge in [0, 0.05) is 12.6 Å². The minimum atomic E-state index is -0.701. The maximum Gasteiger partial charge on any atom is 0.304 e. The Hall–Kier alpha value is -1.35. The molecule has 2 N–H and O–H groups in total. The molecule has 1 aliphatic carbocycles. The van der Waals surface area contributed by atoms with Gasteiger partial charge in [0.15, 0.2) is 0 Å². The number of nitrogens with one attached hydrogen (secondary N) is 1. The number of carboxylic acid groups (broad SMARTS) is 1. The zero-order valence-corrected chi connectivity index (χ0v) is 10.6. The second kappa shape index (κ2) is 6.55. The number of carboxylic acids is 1. The van der Waals surface area contributed by atoms with E-state index in [1.807, 2.05) is 18.2 Å². The number of rotatable bonds is 6. The second-order valence-corrected chi connectivity index (χ2v) is 5.12. The molecule has 0 spiro atoms. The Morgan fingerprint density at radius 1 is 1.28 bits per heavy atom. The summed E-state index contributed by atoms with van der Waals surface area (Å²) in [6, 6.07) is 10.3. The van der Waals surface area contributed by atoms with Gasteiger partial charge in [0.25, 0.3) is 0 Å². The fourth-order valence-corrected chi connectivity index (χ4v) is 2.80. The Morgan fingerprint density at radius 3 is 2.56 bits per heavy atom. The van der Waals surface area contributed by atoms with Crippen molar-refractivity contribution >= 4 is 5.97 Å². The highest BCUT2D eigenvalue weighted by atomic mass is 16.4. The van der Waals surface area contributed by atoms with E-state index in [2.05, 4.69) is 17.4 Å². The van der Waals surface area contributed by atoms with Gasteiger partial charge in [-0.25, -0.2) is 0 Å². The van der Waals surface area contributed by atoms with Gasteiger partial charge < -0.3 is 10.4 Å². The first-order valence-electron chi connectivity index (χ1n) is 6.75. The number of carbonyl (C=O) groups is 1. The second-order valence-electron chi connectivity index (χ2n) is 5.12. The first-order valence-corrected chi connectivity index (χ1v) is 6.75. The van der Waals surface area contributed by atoms with Crippen LogP contribution in [0, 0.1) is 5.92 Å². The molecule has 3 nitrogen and oxygen atoms in total. The zero-order chi connectivity index (χ0) is 12.8. The van der Waals surface area contributed by atoms with Crippen LogP contribution in [0.15, 0.2) is 30.3 Å². The Bertz CT molecular complexity index is 371. The molecule has 1 unspecified atom stereocenters. The first kappa shape index (κ1) is 13.1. The standard InChI is InChI=1S/C15H21NO2/c17-15(18)10-14(13-8-4-5-9-13)16-11-12-6-2-1-3-7-12/h1-3,6-7,13-14,16H,4-5,8-11H2,(H,17,18). The van der Waals surface area contributed by atoms with Gasteiger partial charge in [-0.3, -0.25) is 4.79 Å². The van der Waals surface area contributed by atoms with Crippen LogP contribution in [0.1, 0.15) is 37.7 Å². The van der Waals surface area contributed by atoms with Crippen LogP contribution < -0.4 is 5.32 Å². The third-order valence-electron chi connectivity index (χ3n) is 3.77. The summed E-state index contributed by atoms with van der Waals surface area (Å²) >= 11 is 0. The molecule has 0 bridgehead atoms. The van der Waals surface area contributed by atoms with Crippen LogP contribution in [0.2, 0.25) is 0 Å². The van der Waals surface area contributed by atoms with E-state index >= 15 is 0 Å². The molecule has 0 radical (unpaired) electrons. The largest absolute Gasteiger partial charge is 0.481 e. The minimum Gasteiger partial charge on any atom is -0.481 e. The molecule has 1 aromatic rings. The molecule has 2 rings (SSSR count). The molecule has 1 atom stereocenters. The van der Waals surface area contributed by atoms with Crippen LogP contribution in [-0.4, -0.2) is 17.1 Å². The Morgan fingerprint density at radius 2 is 1.94 bits per heavy atom. The van der Waals surface area contributed by atoms with Crippen LogP contribution in [0.25, 0.3) is 0 Å². The molecular weight excluding hydrogens is 226 g/mol. The highest BCUT2D eigenvalue weighted by Crippen LogP contribution is 2.29. The quantitative estimate of drug-likeness (QED) is 0.812. The summed E-state index contributed by atoms with van der Waals surface area (Å²) in [6.07, 6.45) is 5.05. The molecule has 3 heteroatoms. The SMILES string of the molecule is O=C(O)CC(NCc1ccccc1)C1CCCC1. The maximum absolute atomic E-state index is 10.9. The monoisotopic (exact) mass is 247 g/mol. The van der Waals surface area contributed by atoms with Crippen LogP contribution in [-0.2, 0) is 11.3 Å². The van der Waals surface area contributed by atoms with Gasteiger partial charge in [-0.15, -0.1) is 0 Å². The predicted molar refractivity (Wildman–Crippen MR) is 71.3 cm³/mol. The van der Waals surface area contributed by atoms with Gasteiger partial charge >= 0.3 is 5.97 Å². The van der Waals surface area contributed by atoms with Crippen molar-refractivity contribution in [3.8, 4) is 0 Å². The van der Waals surface area contributed by atoms with Crippen molar-refractivity contribution in [1.29, 1.82) is 0 Å². The minimum absolute atomic E-state index is 0.116. The number of hydrogen-bond donors (Lipinski definition) is 2. The van der Waals surface area contributed by atoms with Crippen LogP contribution >= 0.6 is 0 Å². The molecule has 0 aliphatic heterocycles. The fraction of sp³-hybridized carbons (Fsp3) is 0.533. The highest BCUT2D eigenvalue weighted by Gasteiger charge is 2.26. The molecule has 1 aliphatic rings. The third-order valence-corrected chi connectivity index (χ3v) is 3.77. The van der Waals surface area contributed by atoms with Crippen molar-refractivity contribution in [2.75, 3.05) is 0 Å². The van der Waals surface area contributed by atoms with Crippen molar-refractivity contribution in [2.45, 2.75) is 44.7 Å². The highest BCUT2D eigenvalue weighted by molar-refractivity contribution is 5.67. The van der Waals surface area contributed by atoms with Gasteiger partial charge in [0.05, 0.1) is 6.42 Å². The lowest BCUT2D eigenvalue weighted by Gasteiger charge is -2.23. The van der Waals surface area contributed by atoms with Crippen LogP contribution in [0.5, 0.6) is 0 Å². The Labute approximate surface area is 108 Å². The lowest BCUT2D eigenvalue weighted by molar-refractivity contribution is -0.137. The van der Waals surface area contributed by atoms with Gasteiger partial charge in [-0.2, -0.15) is 0 Å². The lowest BCUT2D eigenvalue weighted by Crippen LogP contribution is -2.36. The van der Waals surface area contributed by atoms with Crippen molar-refractivity contribution in [3.63, 3.8) is 0 Å². The zero-order valence-electron chi connectivity index (χ0n) is 10.6. The molecular formula is C15H21NO2. The number of benzene rings is 1. The summed E-state index contributed by atoms with van der Waals surface area (Å²) in [5, 5.41) is 12.4. The van der Waals surface area contributed by atoms with Gasteiger partial charge in [-0.1, -0.05) is 43.2 Å². The third kappa shape index (κ3) is 3.84. The van der Waals surface area contributed by atoms with Gasteiger partial charge in [-0.05, 0) is 24.3 Å². The lowest BCUT2D eigenvalue weighted by atomic mass is 9.95. The van der Waals surface area contributed by atoms with E-state index in [1.165, 1.54) is 31.2 Å². The molecule has 1 saturated carbocycles. The molecule has 0 aromatic heterocycles. The van der Waals surface area contributed by atoms with Crippen molar-refractivity contribution in [2.24, 2.45) is 5.92 Å². The van der Waals surface area contributed by atoms with Crippen molar-refractivity contribution in [1.82, 2.24) is 5.32 Å². The van der Waals surface area contributed by atoms with Crippen LogP contribution in [0.3, 0.4) is 0 Å². The van der Waals surface area contributed by atoms with E-state index in [4.69, 9.17) is 5.11 Å². The van der Waals surface area contributed by atoms with Gasteiger partial charge in [0.1, 0.15) is 0 Å². The normalized spacial score (nSPS) is 17.8. The van der Waals surface area contributed by atoms with E-state index in [0.717, 1.165) is 6.54 Å². The van der Waals surface area contributed by atoms with Crippen LogP contribution in [0.4, 0.5) is 0 Å². The molecule has 0 amide bonds. The summed E-state index contributed by atoms with van der Waals surface area (Å²) in [5.41, 5.74) is 1.21. The average Bonchev–Trinajstić information content (AvgIpc) is 2.89. The summed E-state index contributed by atoms with van der Waals surface area (Å²) in [5.74, 6) is -0.169. The van der Waals surface area contributed by atoms with E-state index in [1.54, 1.807) is 0 Å². The van der Waals surface area contributed by atoms with Crippen molar-refractivity contribution in [3.05, 3.63) is 35.9 Å². The predicted octanol–water partition coefficient (Wildman–Crippen LogP) is 2.81. The molecule has 0 heterocycles. The summed E-state index contributed by atoms with van der Waals surface area (Å²) < 4.78 is 0. The number of aliphatic carboxylic acids is 1. The Balaban J connectivity index is 1.90. The smallest absolute Gasteiger partial charge is 0.304 e. The van der Waals surface area contributed by atoms with E-state index in [-0.39, 0.29) is 12.5 Å². The van der Waals surface area contributed by atoms with E-state index in [0.29, 0.717) is 5.92 Å². The number of hydrogen-bond acceptors (Lipinski definition) is 2. The summed E-state index contributed by atoms with van der Waals surface area (Å²) in [4.78, 5) is 10.9. The molecule has 0 saturated heterocycles.